The SMILES string of the molecule is c1ccc(-c2ccc3c(c2)c2ccc(-c4cccc5sc6ccccc6c45)cc2n3-c2ccc3ccccc3c2)cc1. The lowest BCUT2D eigenvalue weighted by Gasteiger charge is -2.11. The van der Waals surface area contributed by atoms with Crippen LogP contribution in [0.2, 0.25) is 0 Å². The zero-order valence-corrected chi connectivity index (χ0v) is 23.6. The average molecular weight is 552 g/mol. The molecule has 9 rings (SSSR count). The van der Waals surface area contributed by atoms with Crippen LogP contribution in [0.1, 0.15) is 0 Å². The fraction of sp³-hybridized carbons (Fsp3) is 0. The molecule has 0 saturated heterocycles. The molecule has 0 radical (unpaired) electrons. The van der Waals surface area contributed by atoms with Gasteiger partial charge in [-0.2, -0.15) is 0 Å². The van der Waals surface area contributed by atoms with Crippen LogP contribution in [-0.4, -0.2) is 4.57 Å². The van der Waals surface area contributed by atoms with Crippen LogP contribution in [0.3, 0.4) is 0 Å². The smallest absolute Gasteiger partial charge is 0.0547 e. The average Bonchev–Trinajstić information content (AvgIpc) is 3.60. The Morgan fingerprint density at radius 3 is 2.12 bits per heavy atom. The molecule has 2 heterocycles. The van der Waals surface area contributed by atoms with Gasteiger partial charge in [-0.3, -0.25) is 0 Å². The molecule has 0 amide bonds. The number of fused-ring (bicyclic) bond motifs is 7. The molecular weight excluding hydrogens is 527 g/mol. The highest BCUT2D eigenvalue weighted by Gasteiger charge is 2.17. The normalized spacial score (nSPS) is 11.8. The number of hydrogen-bond donors (Lipinski definition) is 0. The Morgan fingerprint density at radius 1 is 0.405 bits per heavy atom. The van der Waals surface area contributed by atoms with Gasteiger partial charge >= 0.3 is 0 Å². The summed E-state index contributed by atoms with van der Waals surface area (Å²) in [6, 6.07) is 55.5. The standard InChI is InChI=1S/C40H25NS/c1-2-9-26(10-3-1)29-19-22-36-35(24-29)33-21-18-30(32-14-8-16-39-40(32)34-13-6-7-15-38(34)42-39)25-37(33)41(36)31-20-17-27-11-4-5-12-28(27)23-31/h1-25H. The highest BCUT2D eigenvalue weighted by molar-refractivity contribution is 7.25. The molecule has 2 heteroatoms. The van der Waals surface area contributed by atoms with Crippen molar-refractivity contribution in [3.8, 4) is 27.9 Å². The maximum atomic E-state index is 2.45. The highest BCUT2D eigenvalue weighted by atomic mass is 32.1. The van der Waals surface area contributed by atoms with Crippen LogP contribution in [0.25, 0.3) is 80.7 Å². The second-order valence-corrected chi connectivity index (χ2v) is 12.1. The van der Waals surface area contributed by atoms with Crippen molar-refractivity contribution in [1.29, 1.82) is 0 Å². The molecule has 0 saturated carbocycles. The van der Waals surface area contributed by atoms with E-state index in [0.717, 1.165) is 0 Å². The molecule has 0 aliphatic carbocycles. The van der Waals surface area contributed by atoms with Crippen LogP contribution in [0.5, 0.6) is 0 Å². The molecule has 0 bridgehead atoms. The van der Waals surface area contributed by atoms with E-state index in [4.69, 9.17) is 0 Å². The van der Waals surface area contributed by atoms with Gasteiger partial charge in [0.1, 0.15) is 0 Å². The van der Waals surface area contributed by atoms with E-state index in [1.807, 2.05) is 11.3 Å². The minimum Gasteiger partial charge on any atom is -0.309 e. The van der Waals surface area contributed by atoms with Crippen LogP contribution in [0.4, 0.5) is 0 Å². The number of aromatic nitrogens is 1. The maximum absolute atomic E-state index is 2.45. The van der Waals surface area contributed by atoms with Gasteiger partial charge < -0.3 is 4.57 Å². The summed E-state index contributed by atoms with van der Waals surface area (Å²) in [5.74, 6) is 0. The predicted octanol–water partition coefficient (Wildman–Crippen LogP) is 11.6. The summed E-state index contributed by atoms with van der Waals surface area (Å²) in [5.41, 5.74) is 8.61. The second-order valence-electron chi connectivity index (χ2n) is 11.0. The Morgan fingerprint density at radius 2 is 1.19 bits per heavy atom. The minimum atomic E-state index is 1.18. The van der Waals surface area contributed by atoms with Crippen molar-refractivity contribution < 1.29 is 0 Å². The summed E-state index contributed by atoms with van der Waals surface area (Å²) in [5, 5.41) is 7.71. The van der Waals surface area contributed by atoms with Crippen molar-refractivity contribution in [2.24, 2.45) is 0 Å². The van der Waals surface area contributed by atoms with Crippen LogP contribution >= 0.6 is 11.3 Å². The molecule has 0 N–H and O–H groups in total. The van der Waals surface area contributed by atoms with Gasteiger partial charge in [0, 0.05) is 36.6 Å². The number of hydrogen-bond acceptors (Lipinski definition) is 1. The summed E-state index contributed by atoms with van der Waals surface area (Å²) >= 11 is 1.87. The fourth-order valence-electron chi connectivity index (χ4n) is 6.61. The van der Waals surface area contributed by atoms with Gasteiger partial charge in [-0.25, -0.2) is 0 Å². The van der Waals surface area contributed by atoms with Gasteiger partial charge in [0.15, 0.2) is 0 Å². The van der Waals surface area contributed by atoms with E-state index in [9.17, 15) is 0 Å². The van der Waals surface area contributed by atoms with Gasteiger partial charge in [-0.05, 0) is 75.5 Å². The Labute approximate surface area is 247 Å². The molecule has 0 fully saturated rings. The molecule has 0 unspecified atom stereocenters. The molecule has 9 aromatic rings. The zero-order chi connectivity index (χ0) is 27.6. The molecule has 196 valence electrons. The maximum Gasteiger partial charge on any atom is 0.0547 e. The predicted molar refractivity (Wildman–Crippen MR) is 182 cm³/mol. The van der Waals surface area contributed by atoms with E-state index in [-0.39, 0.29) is 0 Å². The third kappa shape index (κ3) is 3.56. The molecule has 0 aliphatic rings. The van der Waals surface area contributed by atoms with E-state index >= 15 is 0 Å². The second kappa shape index (κ2) is 9.17. The quantitative estimate of drug-likeness (QED) is 0.206. The van der Waals surface area contributed by atoms with Crippen LogP contribution in [0, 0.1) is 0 Å². The van der Waals surface area contributed by atoms with Crippen molar-refractivity contribution in [1.82, 2.24) is 4.57 Å². The van der Waals surface area contributed by atoms with Crippen molar-refractivity contribution in [2.45, 2.75) is 0 Å². The molecule has 7 aromatic carbocycles. The van der Waals surface area contributed by atoms with E-state index in [1.165, 1.54) is 80.7 Å². The molecule has 0 atom stereocenters. The van der Waals surface area contributed by atoms with E-state index < -0.39 is 0 Å². The molecular formula is C40H25NS. The first-order valence-corrected chi connectivity index (χ1v) is 15.2. The Bertz CT molecular complexity index is 2460. The number of benzene rings is 7. The third-order valence-electron chi connectivity index (χ3n) is 8.58. The number of thiophene rings is 1. The summed E-state index contributed by atoms with van der Waals surface area (Å²) in [6.07, 6.45) is 0. The summed E-state index contributed by atoms with van der Waals surface area (Å²) < 4.78 is 5.11. The van der Waals surface area contributed by atoms with Crippen molar-refractivity contribution in [2.75, 3.05) is 0 Å². The van der Waals surface area contributed by atoms with Gasteiger partial charge in [0.05, 0.1) is 11.0 Å². The third-order valence-corrected chi connectivity index (χ3v) is 9.71. The lowest BCUT2D eigenvalue weighted by atomic mass is 9.98. The number of rotatable bonds is 3. The lowest BCUT2D eigenvalue weighted by molar-refractivity contribution is 1.19. The molecule has 42 heavy (non-hydrogen) atoms. The molecule has 0 spiro atoms. The Balaban J connectivity index is 1.35. The number of nitrogens with zero attached hydrogens (tertiary/aromatic N) is 1. The molecule has 0 aliphatic heterocycles. The summed E-state index contributed by atoms with van der Waals surface area (Å²) in [7, 11) is 0. The van der Waals surface area contributed by atoms with Gasteiger partial charge in [0.2, 0.25) is 0 Å². The first-order chi connectivity index (χ1) is 20.8. The van der Waals surface area contributed by atoms with E-state index in [0.29, 0.717) is 0 Å². The van der Waals surface area contributed by atoms with Crippen molar-refractivity contribution in [3.05, 3.63) is 152 Å². The minimum absolute atomic E-state index is 1.18. The summed E-state index contributed by atoms with van der Waals surface area (Å²) in [4.78, 5) is 0. The zero-order valence-electron chi connectivity index (χ0n) is 22.8. The van der Waals surface area contributed by atoms with Gasteiger partial charge in [-0.1, -0.05) is 109 Å². The molecule has 1 nitrogen and oxygen atoms in total. The lowest BCUT2D eigenvalue weighted by Crippen LogP contribution is -1.94. The Kier molecular flexibility index (Phi) is 5.13. The van der Waals surface area contributed by atoms with Crippen LogP contribution < -0.4 is 0 Å². The highest BCUT2D eigenvalue weighted by Crippen LogP contribution is 2.42. The first kappa shape index (κ1) is 23.5. The fourth-order valence-corrected chi connectivity index (χ4v) is 7.74. The van der Waals surface area contributed by atoms with E-state index in [1.54, 1.807) is 0 Å². The topological polar surface area (TPSA) is 4.93 Å². The van der Waals surface area contributed by atoms with Crippen molar-refractivity contribution in [3.63, 3.8) is 0 Å². The summed E-state index contributed by atoms with van der Waals surface area (Å²) in [6.45, 7) is 0. The first-order valence-electron chi connectivity index (χ1n) is 14.4. The monoisotopic (exact) mass is 551 g/mol. The molecule has 2 aromatic heterocycles. The van der Waals surface area contributed by atoms with Gasteiger partial charge in [-0.15, -0.1) is 11.3 Å². The van der Waals surface area contributed by atoms with Gasteiger partial charge in [0.25, 0.3) is 0 Å². The van der Waals surface area contributed by atoms with E-state index in [2.05, 4.69) is 156 Å². The largest absolute Gasteiger partial charge is 0.309 e. The van der Waals surface area contributed by atoms with Crippen molar-refractivity contribution >= 4 is 64.1 Å². The van der Waals surface area contributed by atoms with Crippen LogP contribution in [-0.2, 0) is 0 Å². The Hall–Kier alpha value is -5.18. The van der Waals surface area contributed by atoms with Crippen LogP contribution in [0.15, 0.2) is 152 Å².